The van der Waals surface area contributed by atoms with Crippen LogP contribution in [-0.4, -0.2) is 54.4 Å². The molecule has 1 fully saturated rings. The van der Waals surface area contributed by atoms with Gasteiger partial charge in [-0.3, -0.25) is 14.4 Å². The minimum Gasteiger partial charge on any atom is -0.341 e. The quantitative estimate of drug-likeness (QED) is 0.636. The van der Waals surface area contributed by atoms with Crippen molar-refractivity contribution in [3.05, 3.63) is 58.0 Å². The monoisotopic (exact) mass is 433 g/mol. The van der Waals surface area contributed by atoms with Crippen LogP contribution in [0, 0.1) is 0 Å². The van der Waals surface area contributed by atoms with Crippen molar-refractivity contribution >= 4 is 17.5 Å². The van der Waals surface area contributed by atoms with Crippen molar-refractivity contribution in [1.82, 2.24) is 24.0 Å². The maximum atomic E-state index is 13.5. The lowest BCUT2D eigenvalue weighted by Gasteiger charge is -2.31. The Morgan fingerprint density at radius 3 is 2.41 bits per heavy atom. The van der Waals surface area contributed by atoms with Crippen LogP contribution in [0.25, 0.3) is 16.9 Å². The van der Waals surface area contributed by atoms with Crippen LogP contribution in [-0.2, 0) is 17.9 Å². The summed E-state index contributed by atoms with van der Waals surface area (Å²) in [5.74, 6) is -0.261. The molecular formula is C24H27N5O3. The zero-order valence-electron chi connectivity index (χ0n) is 18.7. The molecule has 0 spiro atoms. The lowest BCUT2D eigenvalue weighted by atomic mass is 10.1. The molecule has 2 amide bonds. The SMILES string of the molecule is CC(C)(C)N1Cc2c(n(CC(=O)N3CCCC3)c3cc(-c4ccccc4)nn3c2=O)C1=O. The van der Waals surface area contributed by atoms with Crippen LogP contribution in [0.4, 0.5) is 0 Å². The Morgan fingerprint density at radius 2 is 1.75 bits per heavy atom. The molecule has 8 nitrogen and oxygen atoms in total. The lowest BCUT2D eigenvalue weighted by molar-refractivity contribution is -0.130. The third-order valence-corrected chi connectivity index (χ3v) is 6.37. The smallest absolute Gasteiger partial charge is 0.280 e. The Morgan fingerprint density at radius 1 is 1.06 bits per heavy atom. The Bertz CT molecular complexity index is 1280. The van der Waals surface area contributed by atoms with Crippen LogP contribution in [0.1, 0.15) is 49.7 Å². The highest BCUT2D eigenvalue weighted by Crippen LogP contribution is 2.29. The molecular weight excluding hydrogens is 406 g/mol. The van der Waals surface area contributed by atoms with Crippen LogP contribution in [0.2, 0.25) is 0 Å². The summed E-state index contributed by atoms with van der Waals surface area (Å²) in [6, 6.07) is 11.4. The van der Waals surface area contributed by atoms with Crippen LogP contribution < -0.4 is 5.56 Å². The predicted octanol–water partition coefficient (Wildman–Crippen LogP) is 2.54. The van der Waals surface area contributed by atoms with Crippen molar-refractivity contribution in [3.63, 3.8) is 0 Å². The van der Waals surface area contributed by atoms with E-state index in [-0.39, 0.29) is 30.5 Å². The zero-order chi connectivity index (χ0) is 22.6. The summed E-state index contributed by atoms with van der Waals surface area (Å²) >= 11 is 0. The van der Waals surface area contributed by atoms with Gasteiger partial charge >= 0.3 is 0 Å². The third-order valence-electron chi connectivity index (χ3n) is 6.37. The highest BCUT2D eigenvalue weighted by atomic mass is 16.2. The molecule has 3 aromatic rings. The van der Waals surface area contributed by atoms with Gasteiger partial charge in [0.25, 0.3) is 11.5 Å². The molecule has 0 bridgehead atoms. The topological polar surface area (TPSA) is 79.9 Å². The number of likely N-dealkylation sites (tertiary alicyclic amines) is 1. The molecule has 0 aliphatic carbocycles. The van der Waals surface area contributed by atoms with E-state index in [4.69, 9.17) is 0 Å². The Hall–Kier alpha value is -3.42. The van der Waals surface area contributed by atoms with Crippen LogP contribution in [0.15, 0.2) is 41.2 Å². The molecule has 0 saturated carbocycles. The van der Waals surface area contributed by atoms with Gasteiger partial charge in [-0.05, 0) is 33.6 Å². The first-order valence-corrected chi connectivity index (χ1v) is 11.1. The molecule has 5 rings (SSSR count). The fourth-order valence-electron chi connectivity index (χ4n) is 4.62. The first-order valence-electron chi connectivity index (χ1n) is 11.1. The molecule has 166 valence electrons. The van der Waals surface area contributed by atoms with Gasteiger partial charge in [0.15, 0.2) is 0 Å². The summed E-state index contributed by atoms with van der Waals surface area (Å²) in [5, 5.41) is 4.57. The zero-order valence-corrected chi connectivity index (χ0v) is 18.7. The van der Waals surface area contributed by atoms with E-state index in [0.29, 0.717) is 22.6 Å². The third kappa shape index (κ3) is 3.21. The molecule has 0 atom stereocenters. The van der Waals surface area contributed by atoms with Gasteiger partial charge in [-0.15, -0.1) is 0 Å². The minimum absolute atomic E-state index is 0.00968. The number of fused-ring (bicyclic) bond motifs is 2. The second-order valence-corrected chi connectivity index (χ2v) is 9.53. The van der Waals surface area contributed by atoms with Gasteiger partial charge in [0, 0.05) is 30.3 Å². The Labute approximate surface area is 186 Å². The van der Waals surface area contributed by atoms with Crippen molar-refractivity contribution in [2.45, 2.75) is 52.2 Å². The van der Waals surface area contributed by atoms with Gasteiger partial charge in [0.2, 0.25) is 5.91 Å². The summed E-state index contributed by atoms with van der Waals surface area (Å²) in [6.07, 6.45) is 1.98. The molecule has 2 aliphatic heterocycles. The summed E-state index contributed by atoms with van der Waals surface area (Å²) in [6.45, 7) is 7.52. The number of amides is 2. The van der Waals surface area contributed by atoms with E-state index in [1.54, 1.807) is 15.5 Å². The van der Waals surface area contributed by atoms with Crippen LogP contribution in [0.3, 0.4) is 0 Å². The first-order chi connectivity index (χ1) is 15.3. The molecule has 4 heterocycles. The second-order valence-electron chi connectivity index (χ2n) is 9.53. The van der Waals surface area contributed by atoms with E-state index in [2.05, 4.69) is 5.10 Å². The second kappa shape index (κ2) is 7.32. The summed E-state index contributed by atoms with van der Waals surface area (Å²) in [7, 11) is 0. The molecule has 8 heteroatoms. The molecule has 2 aromatic heterocycles. The molecule has 0 radical (unpaired) electrons. The van der Waals surface area contributed by atoms with Gasteiger partial charge in [0.05, 0.1) is 17.8 Å². The largest absolute Gasteiger partial charge is 0.341 e. The number of rotatable bonds is 3. The van der Waals surface area contributed by atoms with Crippen LogP contribution in [0.5, 0.6) is 0 Å². The fourth-order valence-corrected chi connectivity index (χ4v) is 4.62. The number of benzene rings is 1. The van der Waals surface area contributed by atoms with Crippen molar-refractivity contribution in [2.24, 2.45) is 0 Å². The van der Waals surface area contributed by atoms with Gasteiger partial charge in [-0.2, -0.15) is 9.61 Å². The van der Waals surface area contributed by atoms with Crippen molar-refractivity contribution in [1.29, 1.82) is 0 Å². The maximum Gasteiger partial charge on any atom is 0.280 e. The number of hydrogen-bond acceptors (Lipinski definition) is 4. The van der Waals surface area contributed by atoms with Crippen molar-refractivity contribution < 1.29 is 9.59 Å². The number of carbonyl (C=O) groups excluding carboxylic acids is 2. The predicted molar refractivity (Wildman–Crippen MR) is 120 cm³/mol. The summed E-state index contributed by atoms with van der Waals surface area (Å²) in [5.41, 5.74) is 1.92. The highest BCUT2D eigenvalue weighted by molar-refractivity contribution is 5.98. The average Bonchev–Trinajstić information content (AvgIpc) is 3.50. The molecule has 0 N–H and O–H groups in total. The molecule has 32 heavy (non-hydrogen) atoms. The summed E-state index contributed by atoms with van der Waals surface area (Å²) in [4.78, 5) is 43.4. The van der Waals surface area contributed by atoms with Gasteiger partial charge in [-0.25, -0.2) is 0 Å². The first kappa shape index (κ1) is 20.5. The van der Waals surface area contributed by atoms with E-state index >= 15 is 0 Å². The maximum absolute atomic E-state index is 13.5. The number of carbonyl (C=O) groups is 2. The molecule has 1 aromatic carbocycles. The standard InChI is InChI=1S/C24H27N5O3/c1-24(2,3)28-14-17-21(23(28)32)27(15-20(30)26-11-7-8-12-26)19-13-18(25-29(19)22(17)31)16-9-5-4-6-10-16/h4-6,9-10,13H,7-8,11-12,14-15H2,1-3H3. The van der Waals surface area contributed by atoms with Gasteiger partial charge in [0.1, 0.15) is 17.9 Å². The molecule has 2 aliphatic rings. The number of aromatic nitrogens is 3. The highest BCUT2D eigenvalue weighted by Gasteiger charge is 2.40. The average molecular weight is 434 g/mol. The van der Waals surface area contributed by atoms with Gasteiger partial charge in [-0.1, -0.05) is 30.3 Å². The van der Waals surface area contributed by atoms with Gasteiger partial charge < -0.3 is 14.4 Å². The Kier molecular flexibility index (Phi) is 4.69. The normalized spacial score (nSPS) is 16.3. The van der Waals surface area contributed by atoms with E-state index in [9.17, 15) is 14.4 Å². The Balaban J connectivity index is 1.71. The molecule has 0 unspecified atom stereocenters. The van der Waals surface area contributed by atoms with E-state index < -0.39 is 5.54 Å². The van der Waals surface area contributed by atoms with E-state index in [0.717, 1.165) is 31.5 Å². The van der Waals surface area contributed by atoms with E-state index in [1.165, 1.54) is 4.52 Å². The van der Waals surface area contributed by atoms with Crippen LogP contribution >= 0.6 is 0 Å². The van der Waals surface area contributed by atoms with Crippen molar-refractivity contribution in [2.75, 3.05) is 13.1 Å². The molecule has 1 saturated heterocycles. The fraction of sp³-hybridized carbons (Fsp3) is 0.417. The minimum atomic E-state index is -0.448. The number of nitrogens with zero attached hydrogens (tertiary/aromatic N) is 5. The number of hydrogen-bond donors (Lipinski definition) is 0. The van der Waals surface area contributed by atoms with Crippen molar-refractivity contribution in [3.8, 4) is 11.3 Å². The van der Waals surface area contributed by atoms with E-state index in [1.807, 2.05) is 56.0 Å². The summed E-state index contributed by atoms with van der Waals surface area (Å²) < 4.78 is 3.04. The lowest BCUT2D eigenvalue weighted by Crippen LogP contribution is -2.42.